The minimum Gasteiger partial charge on any atom is -0.278 e. The molecule has 24 heavy (non-hydrogen) atoms. The molecule has 4 bridgehead atoms. The first-order valence-electron chi connectivity index (χ1n) is 9.17. The number of benzene rings is 1. The van der Waals surface area contributed by atoms with Gasteiger partial charge in [-0.2, -0.15) is 0 Å². The fourth-order valence-electron chi connectivity index (χ4n) is 5.50. The maximum atomic E-state index is 4.83. The van der Waals surface area contributed by atoms with Gasteiger partial charge in [-0.15, -0.1) is 0 Å². The highest BCUT2D eigenvalue weighted by atomic mass is 15.7. The smallest absolute Gasteiger partial charge is 0.152 e. The molecule has 5 heteroatoms. The van der Waals surface area contributed by atoms with Gasteiger partial charge < -0.3 is 0 Å². The van der Waals surface area contributed by atoms with E-state index in [4.69, 9.17) is 4.98 Å². The Balaban J connectivity index is 1.39. The lowest BCUT2D eigenvalue weighted by atomic mass is 10.1. The van der Waals surface area contributed by atoms with E-state index in [0.29, 0.717) is 6.17 Å². The van der Waals surface area contributed by atoms with Crippen molar-refractivity contribution in [3.8, 4) is 0 Å². The Morgan fingerprint density at radius 1 is 1.00 bits per heavy atom. The van der Waals surface area contributed by atoms with Gasteiger partial charge in [-0.05, 0) is 24.3 Å². The second kappa shape index (κ2) is 4.76. The van der Waals surface area contributed by atoms with Crippen molar-refractivity contribution in [3.05, 3.63) is 42.2 Å². The summed E-state index contributed by atoms with van der Waals surface area (Å²) in [5, 5.41) is 2.56. The minimum atomic E-state index is 0.714. The number of hydrogen-bond acceptors (Lipinski definition) is 4. The second-order valence-electron chi connectivity index (χ2n) is 8.29. The van der Waals surface area contributed by atoms with Crippen LogP contribution in [-0.4, -0.2) is 63.7 Å². The molecule has 3 unspecified atom stereocenters. The number of pyridine rings is 1. The van der Waals surface area contributed by atoms with Crippen LogP contribution < -0.4 is 0 Å². The first kappa shape index (κ1) is 13.7. The molecule has 7 rings (SSSR count). The molecule has 1 aromatic heterocycles. The summed E-state index contributed by atoms with van der Waals surface area (Å²) in [6.07, 6.45) is 5.62. The average molecular weight is 322 g/mol. The second-order valence-corrected chi connectivity index (χ2v) is 8.29. The zero-order chi connectivity index (χ0) is 15.7. The molecular formula is C19H24N5+. The summed E-state index contributed by atoms with van der Waals surface area (Å²) in [5.74, 6) is 0.910. The standard InChI is InChI=1S/C19H24N5/c1-2-4-17-8-20-18(7-16(17)3-1)9-24-13-21-10-22(14-24)12-23(11-21)19(24)15-5-6-15/h1-4,7-8,15,19H,5-6,9-14H2/q+1. The monoisotopic (exact) mass is 322 g/mol. The number of fused-ring (bicyclic) bond motifs is 1. The maximum absolute atomic E-state index is 4.83. The summed E-state index contributed by atoms with van der Waals surface area (Å²) in [7, 11) is 0. The van der Waals surface area contributed by atoms with E-state index in [0.717, 1.165) is 19.1 Å². The van der Waals surface area contributed by atoms with Crippen molar-refractivity contribution in [2.24, 2.45) is 5.92 Å². The molecule has 5 heterocycles. The van der Waals surface area contributed by atoms with Crippen LogP contribution in [0, 0.1) is 5.92 Å². The van der Waals surface area contributed by atoms with Crippen LogP contribution in [0.5, 0.6) is 0 Å². The number of rotatable bonds is 3. The molecule has 1 aliphatic carbocycles. The molecule has 4 aliphatic heterocycles. The Kier molecular flexibility index (Phi) is 2.72. The number of quaternary nitrogens is 1. The van der Waals surface area contributed by atoms with Crippen LogP contribution in [0.25, 0.3) is 10.8 Å². The van der Waals surface area contributed by atoms with Gasteiger partial charge in [0.2, 0.25) is 0 Å². The summed E-state index contributed by atoms with van der Waals surface area (Å²) in [6, 6.07) is 10.9. The van der Waals surface area contributed by atoms with Gasteiger partial charge in [-0.25, -0.2) is 14.7 Å². The van der Waals surface area contributed by atoms with Crippen LogP contribution in [-0.2, 0) is 6.54 Å². The van der Waals surface area contributed by atoms with Gasteiger partial charge in [0.05, 0.1) is 25.7 Å². The van der Waals surface area contributed by atoms with Gasteiger partial charge in [-0.1, -0.05) is 24.3 Å². The highest BCUT2D eigenvalue weighted by molar-refractivity contribution is 5.81. The lowest BCUT2D eigenvalue weighted by Crippen LogP contribution is -2.83. The van der Waals surface area contributed by atoms with E-state index in [2.05, 4.69) is 51.2 Å². The van der Waals surface area contributed by atoms with E-state index >= 15 is 0 Å². The largest absolute Gasteiger partial charge is 0.278 e. The molecule has 0 spiro atoms. The van der Waals surface area contributed by atoms with Gasteiger partial charge >= 0.3 is 0 Å². The molecule has 124 valence electrons. The first-order valence-corrected chi connectivity index (χ1v) is 9.17. The van der Waals surface area contributed by atoms with E-state index in [1.807, 2.05) is 0 Å². The lowest BCUT2D eigenvalue weighted by Gasteiger charge is -2.65. The Bertz CT molecular complexity index is 787. The normalized spacial score (nSPS) is 40.3. The maximum Gasteiger partial charge on any atom is 0.152 e. The van der Waals surface area contributed by atoms with Crippen molar-refractivity contribution in [1.29, 1.82) is 0 Å². The molecule has 3 atom stereocenters. The fourth-order valence-corrected chi connectivity index (χ4v) is 5.50. The van der Waals surface area contributed by atoms with Gasteiger partial charge in [0.25, 0.3) is 0 Å². The molecular weight excluding hydrogens is 298 g/mol. The Morgan fingerprint density at radius 2 is 1.75 bits per heavy atom. The van der Waals surface area contributed by atoms with Gasteiger partial charge in [0, 0.05) is 17.5 Å². The fraction of sp³-hybridized carbons (Fsp3) is 0.526. The predicted octanol–water partition coefficient (Wildman–Crippen LogP) is 2.02. The minimum absolute atomic E-state index is 0.714. The summed E-state index contributed by atoms with van der Waals surface area (Å²) in [5.41, 5.74) is 1.25. The SMILES string of the molecule is c1ccc2cc(C[N+]34CN5CN(CN(C5)C3C3CC3)C4)ncc2c1. The highest BCUT2D eigenvalue weighted by Gasteiger charge is 2.59. The summed E-state index contributed by atoms with van der Waals surface area (Å²) < 4.78 is 1.18. The van der Waals surface area contributed by atoms with Crippen molar-refractivity contribution < 1.29 is 4.48 Å². The number of nitrogens with zero attached hydrogens (tertiary/aromatic N) is 5. The van der Waals surface area contributed by atoms with E-state index in [9.17, 15) is 0 Å². The van der Waals surface area contributed by atoms with E-state index in [1.54, 1.807) is 0 Å². The van der Waals surface area contributed by atoms with Gasteiger partial charge in [0.15, 0.2) is 6.17 Å². The van der Waals surface area contributed by atoms with Crippen LogP contribution in [0.4, 0.5) is 0 Å². The Labute approximate surface area is 142 Å². The number of hydrogen-bond donors (Lipinski definition) is 0. The van der Waals surface area contributed by atoms with Crippen LogP contribution in [0.15, 0.2) is 36.5 Å². The molecule has 0 N–H and O–H groups in total. The molecule has 5 aliphatic rings. The van der Waals surface area contributed by atoms with E-state index in [1.165, 1.54) is 60.5 Å². The third kappa shape index (κ3) is 1.99. The van der Waals surface area contributed by atoms with Gasteiger partial charge in [0.1, 0.15) is 19.9 Å². The van der Waals surface area contributed by atoms with Crippen molar-refractivity contribution in [2.45, 2.75) is 25.6 Å². The number of aromatic nitrogens is 1. The van der Waals surface area contributed by atoms with E-state index < -0.39 is 0 Å². The van der Waals surface area contributed by atoms with Gasteiger partial charge in [-0.3, -0.25) is 9.47 Å². The van der Waals surface area contributed by atoms with Crippen molar-refractivity contribution in [1.82, 2.24) is 19.7 Å². The predicted molar refractivity (Wildman–Crippen MR) is 92.1 cm³/mol. The summed E-state index contributed by atoms with van der Waals surface area (Å²) >= 11 is 0. The Morgan fingerprint density at radius 3 is 2.50 bits per heavy atom. The molecule has 2 aromatic rings. The third-order valence-corrected chi connectivity index (χ3v) is 6.27. The van der Waals surface area contributed by atoms with Crippen LogP contribution >= 0.6 is 0 Å². The molecule has 5 nitrogen and oxygen atoms in total. The topological polar surface area (TPSA) is 22.6 Å². The molecule has 0 amide bonds. The van der Waals surface area contributed by atoms with Crippen LogP contribution in [0.2, 0.25) is 0 Å². The summed E-state index contributed by atoms with van der Waals surface area (Å²) in [6.45, 7) is 6.95. The average Bonchev–Trinajstić information content (AvgIpc) is 3.38. The molecule has 4 saturated heterocycles. The zero-order valence-electron chi connectivity index (χ0n) is 14.0. The molecule has 1 saturated carbocycles. The zero-order valence-corrected chi connectivity index (χ0v) is 14.0. The Hall–Kier alpha value is -1.53. The molecule has 5 fully saturated rings. The molecule has 1 aromatic carbocycles. The van der Waals surface area contributed by atoms with Crippen LogP contribution in [0.1, 0.15) is 18.5 Å². The molecule has 0 radical (unpaired) electrons. The quantitative estimate of drug-likeness (QED) is 0.807. The van der Waals surface area contributed by atoms with Crippen molar-refractivity contribution in [3.63, 3.8) is 0 Å². The lowest BCUT2D eigenvalue weighted by molar-refractivity contribution is -1.02. The first-order chi connectivity index (χ1) is 11.8. The summed E-state index contributed by atoms with van der Waals surface area (Å²) in [4.78, 5) is 12.8. The highest BCUT2D eigenvalue weighted by Crippen LogP contribution is 2.46. The van der Waals surface area contributed by atoms with Crippen LogP contribution in [0.3, 0.4) is 0 Å². The van der Waals surface area contributed by atoms with E-state index in [-0.39, 0.29) is 0 Å². The van der Waals surface area contributed by atoms with Crippen molar-refractivity contribution in [2.75, 3.05) is 33.3 Å². The van der Waals surface area contributed by atoms with Crippen molar-refractivity contribution >= 4 is 10.8 Å². The third-order valence-electron chi connectivity index (χ3n) is 6.27.